The van der Waals surface area contributed by atoms with E-state index in [1.165, 1.54) is 17.8 Å². The lowest BCUT2D eigenvalue weighted by molar-refractivity contribution is 0.460. The quantitative estimate of drug-likeness (QED) is 0.932. The summed E-state index contributed by atoms with van der Waals surface area (Å²) in [6.45, 7) is 6.43. The molecule has 2 heterocycles. The molecular weight excluding hydrogens is 253 g/mol. The lowest BCUT2D eigenvalue weighted by Gasteiger charge is -2.27. The minimum Gasteiger partial charge on any atom is -0.327 e. The maximum absolute atomic E-state index is 13.1. The van der Waals surface area contributed by atoms with Crippen molar-refractivity contribution in [3.8, 4) is 0 Å². The predicted octanol–water partition coefficient (Wildman–Crippen LogP) is 2.88. The van der Waals surface area contributed by atoms with Crippen LogP contribution in [-0.4, -0.2) is 22.6 Å². The fourth-order valence-electron chi connectivity index (χ4n) is 3.02. The largest absolute Gasteiger partial charge is 0.327 e. The molecule has 1 aromatic carbocycles. The van der Waals surface area contributed by atoms with E-state index < -0.39 is 0 Å². The summed E-state index contributed by atoms with van der Waals surface area (Å²) in [4.78, 5) is 4.34. The van der Waals surface area contributed by atoms with E-state index in [9.17, 15) is 4.39 Å². The zero-order valence-corrected chi connectivity index (χ0v) is 11.9. The minimum atomic E-state index is -0.196. The summed E-state index contributed by atoms with van der Waals surface area (Å²) >= 11 is 0. The van der Waals surface area contributed by atoms with Gasteiger partial charge in [0.15, 0.2) is 0 Å². The number of hydrogen-bond donors (Lipinski definition) is 1. The van der Waals surface area contributed by atoms with E-state index in [0.717, 1.165) is 25.1 Å². The van der Waals surface area contributed by atoms with Gasteiger partial charge in [0.05, 0.1) is 12.4 Å². The van der Waals surface area contributed by atoms with Crippen LogP contribution in [0.1, 0.15) is 37.6 Å². The normalized spacial score (nSPS) is 23.9. The first kappa shape index (κ1) is 13.3. The van der Waals surface area contributed by atoms with Crippen LogP contribution >= 0.6 is 0 Å². The van der Waals surface area contributed by atoms with Gasteiger partial charge in [-0.2, -0.15) is 0 Å². The Labute approximate surface area is 118 Å². The van der Waals surface area contributed by atoms with E-state index >= 15 is 0 Å². The van der Waals surface area contributed by atoms with Crippen LogP contribution in [0.2, 0.25) is 0 Å². The Bertz CT molecular complexity index is 582. The predicted molar refractivity (Wildman–Crippen MR) is 77.3 cm³/mol. The van der Waals surface area contributed by atoms with Crippen molar-refractivity contribution >= 4 is 0 Å². The van der Waals surface area contributed by atoms with Crippen LogP contribution in [-0.2, 0) is 5.41 Å². The molecule has 3 nitrogen and oxygen atoms in total. The van der Waals surface area contributed by atoms with Gasteiger partial charge in [0.25, 0.3) is 0 Å². The van der Waals surface area contributed by atoms with Gasteiger partial charge in [0.2, 0.25) is 0 Å². The molecule has 0 bridgehead atoms. The van der Waals surface area contributed by atoms with E-state index in [-0.39, 0.29) is 17.3 Å². The van der Waals surface area contributed by atoms with E-state index in [1.807, 2.05) is 24.7 Å². The fourth-order valence-corrected chi connectivity index (χ4v) is 3.02. The van der Waals surface area contributed by atoms with Crippen LogP contribution in [0.15, 0.2) is 36.8 Å². The monoisotopic (exact) mass is 273 g/mol. The molecule has 0 saturated carbocycles. The lowest BCUT2D eigenvalue weighted by Crippen LogP contribution is -2.29. The second kappa shape index (κ2) is 5.02. The maximum Gasteiger partial charge on any atom is 0.123 e. The van der Waals surface area contributed by atoms with Gasteiger partial charge in [-0.1, -0.05) is 19.1 Å². The summed E-state index contributed by atoms with van der Waals surface area (Å²) in [5.74, 6) is -0.196. The fraction of sp³-hybridized carbons (Fsp3) is 0.438. The van der Waals surface area contributed by atoms with Gasteiger partial charge in [-0.3, -0.25) is 0 Å². The number of nitrogens with zero attached hydrogens (tertiary/aromatic N) is 2. The number of aromatic nitrogens is 2. The summed E-state index contributed by atoms with van der Waals surface area (Å²) in [6, 6.07) is 6.88. The zero-order chi connectivity index (χ0) is 14.2. The summed E-state index contributed by atoms with van der Waals surface area (Å²) < 4.78 is 15.3. The molecule has 0 spiro atoms. The highest BCUT2D eigenvalue weighted by Crippen LogP contribution is 2.32. The molecular formula is C16H20FN3. The summed E-state index contributed by atoms with van der Waals surface area (Å²) in [6.07, 6.45) is 4.97. The van der Waals surface area contributed by atoms with Crippen molar-refractivity contribution in [1.82, 2.24) is 14.9 Å². The molecule has 20 heavy (non-hydrogen) atoms. The van der Waals surface area contributed by atoms with Crippen LogP contribution in [0.5, 0.6) is 0 Å². The first-order valence-electron chi connectivity index (χ1n) is 7.09. The molecule has 1 saturated heterocycles. The first-order chi connectivity index (χ1) is 9.60. The molecule has 1 aliphatic heterocycles. The Hall–Kier alpha value is -1.68. The number of halogens is 1. The highest BCUT2D eigenvalue weighted by molar-refractivity contribution is 5.24. The maximum atomic E-state index is 13.1. The highest BCUT2D eigenvalue weighted by atomic mass is 19.1. The Morgan fingerprint density at radius 3 is 2.75 bits per heavy atom. The van der Waals surface area contributed by atoms with Gasteiger partial charge in [-0.25, -0.2) is 9.37 Å². The zero-order valence-electron chi connectivity index (χ0n) is 11.9. The summed E-state index contributed by atoms with van der Waals surface area (Å²) in [5, 5.41) is 3.42. The Kier molecular flexibility index (Phi) is 3.34. The number of nitrogens with one attached hydrogen (secondary N) is 1. The molecule has 1 aromatic heterocycles. The van der Waals surface area contributed by atoms with Crippen molar-refractivity contribution in [2.45, 2.75) is 31.7 Å². The minimum absolute atomic E-state index is 0.130. The summed E-state index contributed by atoms with van der Waals surface area (Å²) in [5.41, 5.74) is 2.48. The Morgan fingerprint density at radius 1 is 1.35 bits per heavy atom. The van der Waals surface area contributed by atoms with Crippen LogP contribution in [0.4, 0.5) is 4.39 Å². The number of hydrogen-bond acceptors (Lipinski definition) is 2. The van der Waals surface area contributed by atoms with Crippen molar-refractivity contribution in [3.05, 3.63) is 53.9 Å². The Balaban J connectivity index is 1.94. The van der Waals surface area contributed by atoms with Crippen molar-refractivity contribution in [2.75, 3.05) is 13.1 Å². The van der Waals surface area contributed by atoms with E-state index in [0.29, 0.717) is 0 Å². The smallest absolute Gasteiger partial charge is 0.123 e. The second-order valence-electron chi connectivity index (χ2n) is 5.90. The van der Waals surface area contributed by atoms with Gasteiger partial charge in [-0.05, 0) is 37.6 Å². The molecule has 3 rings (SSSR count). The van der Waals surface area contributed by atoms with Gasteiger partial charge >= 0.3 is 0 Å². The van der Waals surface area contributed by atoms with Crippen molar-refractivity contribution in [2.24, 2.45) is 0 Å². The highest BCUT2D eigenvalue weighted by Gasteiger charge is 2.34. The van der Waals surface area contributed by atoms with Crippen LogP contribution < -0.4 is 5.32 Å². The number of rotatable bonds is 3. The molecule has 1 fully saturated rings. The average molecular weight is 273 g/mol. The molecule has 4 heteroatoms. The van der Waals surface area contributed by atoms with Gasteiger partial charge in [0.1, 0.15) is 5.82 Å². The molecule has 1 N–H and O–H groups in total. The Morgan fingerprint density at radius 2 is 2.10 bits per heavy atom. The average Bonchev–Trinajstić information content (AvgIpc) is 3.08. The SMILES string of the molecule is CC(c1ccc(F)cc1)n1cncc1C1(C)CCNC1. The summed E-state index contributed by atoms with van der Waals surface area (Å²) in [7, 11) is 0. The molecule has 2 aromatic rings. The van der Waals surface area contributed by atoms with Gasteiger partial charge < -0.3 is 9.88 Å². The third kappa shape index (κ3) is 2.24. The van der Waals surface area contributed by atoms with Crippen molar-refractivity contribution < 1.29 is 4.39 Å². The van der Waals surface area contributed by atoms with Crippen LogP contribution in [0.25, 0.3) is 0 Å². The van der Waals surface area contributed by atoms with E-state index in [4.69, 9.17) is 0 Å². The lowest BCUT2D eigenvalue weighted by atomic mass is 9.86. The molecule has 2 atom stereocenters. The van der Waals surface area contributed by atoms with E-state index in [2.05, 4.69) is 28.7 Å². The topological polar surface area (TPSA) is 29.9 Å². The van der Waals surface area contributed by atoms with Crippen LogP contribution in [0, 0.1) is 5.82 Å². The van der Waals surface area contributed by atoms with E-state index in [1.54, 1.807) is 0 Å². The molecule has 0 amide bonds. The van der Waals surface area contributed by atoms with Gasteiger partial charge in [0, 0.05) is 23.9 Å². The van der Waals surface area contributed by atoms with Crippen LogP contribution in [0.3, 0.4) is 0 Å². The van der Waals surface area contributed by atoms with Gasteiger partial charge in [-0.15, -0.1) is 0 Å². The number of benzene rings is 1. The molecule has 1 aliphatic rings. The first-order valence-corrected chi connectivity index (χ1v) is 7.09. The third-order valence-corrected chi connectivity index (χ3v) is 4.42. The molecule has 106 valence electrons. The number of imidazole rings is 1. The molecule has 0 aliphatic carbocycles. The standard InChI is InChI=1S/C16H20FN3/c1-12(13-3-5-14(17)6-4-13)20-11-19-9-15(20)16(2)7-8-18-10-16/h3-6,9,11-12,18H,7-8,10H2,1-2H3. The van der Waals surface area contributed by atoms with Crippen molar-refractivity contribution in [3.63, 3.8) is 0 Å². The molecule has 0 radical (unpaired) electrons. The second-order valence-corrected chi connectivity index (χ2v) is 5.90. The molecule has 2 unspecified atom stereocenters. The third-order valence-electron chi connectivity index (χ3n) is 4.42. The van der Waals surface area contributed by atoms with Crippen molar-refractivity contribution in [1.29, 1.82) is 0 Å².